The predicted octanol–water partition coefficient (Wildman–Crippen LogP) is 4.91. The van der Waals surface area contributed by atoms with Crippen LogP contribution in [-0.4, -0.2) is 15.0 Å². The topological polar surface area (TPSA) is 30.7 Å². The number of rotatable bonds is 3. The van der Waals surface area contributed by atoms with Gasteiger partial charge in [-0.1, -0.05) is 83.6 Å². The van der Waals surface area contributed by atoms with Crippen LogP contribution in [0.4, 0.5) is 0 Å². The summed E-state index contributed by atoms with van der Waals surface area (Å²) in [6.07, 6.45) is 0. The van der Waals surface area contributed by atoms with Crippen LogP contribution in [0.25, 0.3) is 28.2 Å². The average molecular weight is 311 g/mol. The van der Waals surface area contributed by atoms with Gasteiger partial charge in [0.05, 0.1) is 5.69 Å². The maximum absolute atomic E-state index is 4.47. The third-order valence-corrected chi connectivity index (χ3v) is 4.04. The highest BCUT2D eigenvalue weighted by Crippen LogP contribution is 2.31. The molecule has 0 atom stereocenters. The molecule has 3 heteroatoms. The third-order valence-electron chi connectivity index (χ3n) is 4.04. The quantitative estimate of drug-likeness (QED) is 0.538. The highest BCUT2D eigenvalue weighted by Gasteiger charge is 2.17. The molecule has 4 aromatic rings. The molecule has 0 fully saturated rings. The van der Waals surface area contributed by atoms with Gasteiger partial charge in [0.15, 0.2) is 0 Å². The molecule has 0 N–H and O–H groups in total. The molecule has 0 unspecified atom stereocenters. The van der Waals surface area contributed by atoms with Gasteiger partial charge in [0.25, 0.3) is 0 Å². The minimum Gasteiger partial charge on any atom is -0.212 e. The zero-order valence-electron chi connectivity index (χ0n) is 13.4. The number of hydrogen-bond donors (Lipinski definition) is 0. The lowest BCUT2D eigenvalue weighted by Crippen LogP contribution is -1.99. The molecule has 4 rings (SSSR count). The Balaban J connectivity index is 1.95. The van der Waals surface area contributed by atoms with Gasteiger partial charge in [0, 0.05) is 11.1 Å². The second-order valence-electron chi connectivity index (χ2n) is 5.77. The molecule has 0 bridgehead atoms. The summed E-state index contributed by atoms with van der Waals surface area (Å²) >= 11 is 0. The molecule has 0 radical (unpaired) electrons. The van der Waals surface area contributed by atoms with Gasteiger partial charge in [-0.15, -0.1) is 5.10 Å². The average Bonchev–Trinajstić information content (AvgIpc) is 3.09. The van der Waals surface area contributed by atoms with E-state index in [4.69, 9.17) is 0 Å². The van der Waals surface area contributed by atoms with Crippen molar-refractivity contribution in [2.24, 2.45) is 0 Å². The van der Waals surface area contributed by atoms with Crippen LogP contribution in [0.15, 0.2) is 84.9 Å². The molecule has 0 saturated heterocycles. The summed E-state index contributed by atoms with van der Waals surface area (Å²) in [6, 6.07) is 28.8. The van der Waals surface area contributed by atoms with Crippen molar-refractivity contribution >= 4 is 0 Å². The summed E-state index contributed by atoms with van der Waals surface area (Å²) in [4.78, 5) is 0. The maximum atomic E-state index is 4.47. The second kappa shape index (κ2) is 6.13. The molecule has 0 spiro atoms. The van der Waals surface area contributed by atoms with Gasteiger partial charge < -0.3 is 0 Å². The third kappa shape index (κ3) is 2.61. The van der Waals surface area contributed by atoms with E-state index in [1.807, 2.05) is 41.1 Å². The van der Waals surface area contributed by atoms with Crippen LogP contribution in [0.1, 0.15) is 5.56 Å². The fraction of sp³-hybridized carbons (Fsp3) is 0.0476. The molecular formula is C21H17N3. The number of aryl methyl sites for hydroxylation is 1. The smallest absolute Gasteiger partial charge is 0.121 e. The van der Waals surface area contributed by atoms with Crippen molar-refractivity contribution in [2.45, 2.75) is 6.92 Å². The molecule has 0 aliphatic rings. The lowest BCUT2D eigenvalue weighted by atomic mass is 10.0. The summed E-state index contributed by atoms with van der Waals surface area (Å²) in [6.45, 7) is 2.08. The predicted molar refractivity (Wildman–Crippen MR) is 97.0 cm³/mol. The number of nitrogens with zero attached hydrogens (tertiary/aromatic N) is 3. The Morgan fingerprint density at radius 1 is 0.667 bits per heavy atom. The van der Waals surface area contributed by atoms with Crippen LogP contribution in [0.5, 0.6) is 0 Å². The Hall–Kier alpha value is -3.20. The van der Waals surface area contributed by atoms with Crippen molar-refractivity contribution in [1.29, 1.82) is 0 Å². The van der Waals surface area contributed by atoms with Gasteiger partial charge in [0.1, 0.15) is 11.4 Å². The normalized spacial score (nSPS) is 10.7. The molecular weight excluding hydrogens is 294 g/mol. The largest absolute Gasteiger partial charge is 0.212 e. The van der Waals surface area contributed by atoms with E-state index < -0.39 is 0 Å². The highest BCUT2D eigenvalue weighted by atomic mass is 15.4. The first-order valence-electron chi connectivity index (χ1n) is 7.96. The molecule has 0 aliphatic carbocycles. The van der Waals surface area contributed by atoms with Crippen LogP contribution in [0.2, 0.25) is 0 Å². The zero-order chi connectivity index (χ0) is 16.4. The SMILES string of the molecule is Cc1ccc(-n2nnc(-c3ccccc3)c2-c2ccccc2)cc1. The minimum absolute atomic E-state index is 0.891. The second-order valence-corrected chi connectivity index (χ2v) is 5.77. The van der Waals surface area contributed by atoms with Crippen LogP contribution >= 0.6 is 0 Å². The monoisotopic (exact) mass is 311 g/mol. The van der Waals surface area contributed by atoms with Gasteiger partial charge in [-0.3, -0.25) is 0 Å². The van der Waals surface area contributed by atoms with Gasteiger partial charge in [-0.05, 0) is 19.1 Å². The van der Waals surface area contributed by atoms with Gasteiger partial charge in [0.2, 0.25) is 0 Å². The van der Waals surface area contributed by atoms with E-state index in [1.165, 1.54) is 5.56 Å². The Bertz CT molecular complexity index is 940. The lowest BCUT2D eigenvalue weighted by molar-refractivity contribution is 0.808. The molecule has 3 nitrogen and oxygen atoms in total. The summed E-state index contributed by atoms with van der Waals surface area (Å²) in [5.41, 5.74) is 6.29. The fourth-order valence-corrected chi connectivity index (χ4v) is 2.79. The first-order chi connectivity index (χ1) is 11.8. The fourth-order valence-electron chi connectivity index (χ4n) is 2.79. The van der Waals surface area contributed by atoms with E-state index in [0.29, 0.717) is 0 Å². The van der Waals surface area contributed by atoms with Crippen LogP contribution in [0, 0.1) is 6.92 Å². The van der Waals surface area contributed by atoms with Gasteiger partial charge in [-0.2, -0.15) is 0 Å². The van der Waals surface area contributed by atoms with Crippen LogP contribution in [0.3, 0.4) is 0 Å². The minimum atomic E-state index is 0.891. The van der Waals surface area contributed by atoms with Gasteiger partial charge >= 0.3 is 0 Å². The first kappa shape index (κ1) is 14.4. The Morgan fingerprint density at radius 3 is 1.88 bits per heavy atom. The Morgan fingerprint density at radius 2 is 1.25 bits per heavy atom. The summed E-state index contributed by atoms with van der Waals surface area (Å²) in [7, 11) is 0. The first-order valence-corrected chi connectivity index (χ1v) is 7.96. The molecule has 0 aliphatic heterocycles. The molecule has 24 heavy (non-hydrogen) atoms. The number of hydrogen-bond acceptors (Lipinski definition) is 2. The van der Waals surface area contributed by atoms with E-state index in [-0.39, 0.29) is 0 Å². The molecule has 0 saturated carbocycles. The van der Waals surface area contributed by atoms with E-state index in [2.05, 4.69) is 65.8 Å². The number of benzene rings is 3. The van der Waals surface area contributed by atoms with E-state index in [0.717, 1.165) is 28.2 Å². The standard InChI is InChI=1S/C21H17N3/c1-16-12-14-19(15-13-16)24-21(18-10-6-3-7-11-18)20(22-23-24)17-8-4-2-5-9-17/h2-15H,1H3. The van der Waals surface area contributed by atoms with Crippen molar-refractivity contribution in [1.82, 2.24) is 15.0 Å². The van der Waals surface area contributed by atoms with Crippen molar-refractivity contribution in [3.05, 3.63) is 90.5 Å². The zero-order valence-corrected chi connectivity index (χ0v) is 13.4. The van der Waals surface area contributed by atoms with Crippen molar-refractivity contribution in [2.75, 3.05) is 0 Å². The lowest BCUT2D eigenvalue weighted by Gasteiger charge is -2.09. The molecule has 0 amide bonds. The molecule has 1 aromatic heterocycles. The van der Waals surface area contributed by atoms with Crippen LogP contribution < -0.4 is 0 Å². The Labute approximate surface area is 141 Å². The van der Waals surface area contributed by atoms with Crippen molar-refractivity contribution < 1.29 is 0 Å². The summed E-state index contributed by atoms with van der Waals surface area (Å²) in [5.74, 6) is 0. The molecule has 3 aromatic carbocycles. The summed E-state index contributed by atoms with van der Waals surface area (Å²) in [5, 5.41) is 8.91. The van der Waals surface area contributed by atoms with Crippen LogP contribution in [-0.2, 0) is 0 Å². The van der Waals surface area contributed by atoms with E-state index in [9.17, 15) is 0 Å². The molecule has 1 heterocycles. The maximum Gasteiger partial charge on any atom is 0.121 e. The highest BCUT2D eigenvalue weighted by molar-refractivity contribution is 5.79. The van der Waals surface area contributed by atoms with Crippen molar-refractivity contribution in [3.8, 4) is 28.2 Å². The van der Waals surface area contributed by atoms with Gasteiger partial charge in [-0.25, -0.2) is 4.68 Å². The van der Waals surface area contributed by atoms with E-state index >= 15 is 0 Å². The number of aromatic nitrogens is 3. The Kier molecular flexibility index (Phi) is 3.67. The molecule has 116 valence electrons. The van der Waals surface area contributed by atoms with E-state index in [1.54, 1.807) is 0 Å². The van der Waals surface area contributed by atoms with Crippen molar-refractivity contribution in [3.63, 3.8) is 0 Å². The summed E-state index contributed by atoms with van der Waals surface area (Å²) < 4.78 is 1.91.